The highest BCUT2D eigenvalue weighted by Crippen LogP contribution is 2.29. The second-order valence-corrected chi connectivity index (χ2v) is 11.4. The number of hydrogen-bond donors (Lipinski definition) is 1. The van der Waals surface area contributed by atoms with E-state index in [1.807, 2.05) is 0 Å². The van der Waals surface area contributed by atoms with Crippen LogP contribution in [0.2, 0.25) is 0 Å². The van der Waals surface area contributed by atoms with Crippen LogP contribution in [0, 0.1) is 5.92 Å². The first kappa shape index (κ1) is 21.5. The van der Waals surface area contributed by atoms with Crippen molar-refractivity contribution in [2.75, 3.05) is 13.1 Å². The predicted molar refractivity (Wildman–Crippen MR) is 120 cm³/mol. The Balaban J connectivity index is 1.37. The van der Waals surface area contributed by atoms with Gasteiger partial charge in [-0.15, -0.1) is 11.3 Å². The fraction of sp³-hybridized carbons (Fsp3) is 0.522. The first-order valence-corrected chi connectivity index (χ1v) is 13.3. The van der Waals surface area contributed by atoms with E-state index in [0.717, 1.165) is 19.3 Å². The van der Waals surface area contributed by atoms with E-state index in [0.29, 0.717) is 30.1 Å². The van der Waals surface area contributed by atoms with Crippen molar-refractivity contribution in [2.45, 2.75) is 62.1 Å². The summed E-state index contributed by atoms with van der Waals surface area (Å²) in [5.74, 6) is -0.0841. The van der Waals surface area contributed by atoms with E-state index < -0.39 is 10.0 Å². The normalized spacial score (nSPS) is 19.2. The van der Waals surface area contributed by atoms with Crippen LogP contribution in [-0.2, 0) is 27.7 Å². The van der Waals surface area contributed by atoms with Gasteiger partial charge in [0.25, 0.3) is 10.0 Å². The summed E-state index contributed by atoms with van der Waals surface area (Å²) in [6.07, 6.45) is 6.77. The Bertz CT molecular complexity index is 978. The van der Waals surface area contributed by atoms with Gasteiger partial charge < -0.3 is 5.32 Å². The van der Waals surface area contributed by atoms with Crippen LogP contribution in [0.4, 0.5) is 0 Å². The highest BCUT2D eigenvalue weighted by Gasteiger charge is 2.33. The van der Waals surface area contributed by atoms with Crippen molar-refractivity contribution in [3.8, 4) is 0 Å². The van der Waals surface area contributed by atoms with Crippen molar-refractivity contribution in [3.05, 3.63) is 52.4 Å². The molecule has 1 amide bonds. The Kier molecular flexibility index (Phi) is 6.60. The van der Waals surface area contributed by atoms with Gasteiger partial charge >= 0.3 is 0 Å². The molecule has 1 atom stereocenters. The zero-order chi connectivity index (χ0) is 21.1. The second kappa shape index (κ2) is 9.20. The van der Waals surface area contributed by atoms with Gasteiger partial charge in [-0.3, -0.25) is 4.79 Å². The maximum absolute atomic E-state index is 12.9. The first-order valence-electron chi connectivity index (χ1n) is 10.9. The predicted octanol–water partition coefficient (Wildman–Crippen LogP) is 4.30. The van der Waals surface area contributed by atoms with Gasteiger partial charge in [-0.05, 0) is 73.1 Å². The van der Waals surface area contributed by atoms with Crippen molar-refractivity contribution in [1.82, 2.24) is 9.62 Å². The minimum atomic E-state index is -3.43. The number of nitrogens with one attached hydrogen (secondary N) is 1. The van der Waals surface area contributed by atoms with E-state index in [-0.39, 0.29) is 17.9 Å². The molecular formula is C23H30N2O3S2. The second-order valence-electron chi connectivity index (χ2n) is 8.32. The number of benzene rings is 1. The number of thiophene rings is 1. The fourth-order valence-corrected chi connectivity index (χ4v) is 7.19. The molecule has 1 N–H and O–H groups in total. The molecule has 7 heteroatoms. The molecule has 1 fully saturated rings. The molecule has 30 heavy (non-hydrogen) atoms. The Morgan fingerprint density at radius 3 is 2.57 bits per heavy atom. The molecule has 2 heterocycles. The molecule has 1 aromatic heterocycles. The highest BCUT2D eigenvalue weighted by atomic mass is 32.2. The number of hydrogen-bond acceptors (Lipinski definition) is 4. The number of amides is 1. The third-order valence-electron chi connectivity index (χ3n) is 6.41. The monoisotopic (exact) mass is 446 g/mol. The van der Waals surface area contributed by atoms with Gasteiger partial charge in [0.05, 0.1) is 6.04 Å². The van der Waals surface area contributed by atoms with Crippen LogP contribution >= 0.6 is 11.3 Å². The molecule has 1 aliphatic heterocycles. The number of nitrogens with zero attached hydrogens (tertiary/aromatic N) is 1. The van der Waals surface area contributed by atoms with E-state index in [4.69, 9.17) is 0 Å². The van der Waals surface area contributed by atoms with Crippen molar-refractivity contribution in [1.29, 1.82) is 0 Å². The van der Waals surface area contributed by atoms with Crippen LogP contribution < -0.4 is 5.32 Å². The minimum absolute atomic E-state index is 0.0117. The van der Waals surface area contributed by atoms with Gasteiger partial charge in [-0.25, -0.2) is 8.42 Å². The zero-order valence-electron chi connectivity index (χ0n) is 17.5. The molecule has 1 unspecified atom stereocenters. The molecule has 1 aromatic carbocycles. The zero-order valence-corrected chi connectivity index (χ0v) is 19.1. The van der Waals surface area contributed by atoms with Crippen LogP contribution in [0.1, 0.15) is 61.8 Å². The number of aryl methyl sites for hydroxylation is 2. The lowest BCUT2D eigenvalue weighted by atomic mass is 9.88. The summed E-state index contributed by atoms with van der Waals surface area (Å²) in [5, 5.41) is 5.01. The average molecular weight is 447 g/mol. The molecule has 5 nitrogen and oxygen atoms in total. The van der Waals surface area contributed by atoms with Gasteiger partial charge in [-0.2, -0.15) is 4.31 Å². The summed E-state index contributed by atoms with van der Waals surface area (Å²) in [6, 6.07) is 10.1. The Labute approximate surface area is 183 Å². The number of sulfonamides is 1. The molecule has 0 spiro atoms. The fourth-order valence-electron chi connectivity index (χ4n) is 4.58. The van der Waals surface area contributed by atoms with Gasteiger partial charge in [0, 0.05) is 19.0 Å². The van der Waals surface area contributed by atoms with Gasteiger partial charge in [0.2, 0.25) is 5.91 Å². The summed E-state index contributed by atoms with van der Waals surface area (Å²) < 4.78 is 27.3. The molecule has 162 valence electrons. The standard InChI is InChI=1S/C23H30N2O3S2/c1-2-21(20-10-9-17-6-3-4-7-19(17)16-20)24-23(26)18-11-13-25(14-12-18)30(27,28)22-8-5-15-29-22/h5,8-10,15-16,18,21H,2-4,6-7,11-14H2,1H3,(H,24,26). The minimum Gasteiger partial charge on any atom is -0.349 e. The van der Waals surface area contributed by atoms with E-state index in [2.05, 4.69) is 30.4 Å². The number of piperidine rings is 1. The number of carbonyl (C=O) groups excluding carboxylic acids is 1. The average Bonchev–Trinajstić information content (AvgIpc) is 3.33. The van der Waals surface area contributed by atoms with Crippen LogP contribution in [0.25, 0.3) is 0 Å². The number of carbonyl (C=O) groups is 1. The molecule has 0 bridgehead atoms. The molecular weight excluding hydrogens is 416 g/mol. The largest absolute Gasteiger partial charge is 0.349 e. The lowest BCUT2D eigenvalue weighted by Crippen LogP contribution is -2.43. The lowest BCUT2D eigenvalue weighted by molar-refractivity contribution is -0.126. The summed E-state index contributed by atoms with van der Waals surface area (Å²) in [6.45, 7) is 2.89. The van der Waals surface area contributed by atoms with Crippen LogP contribution in [0.15, 0.2) is 39.9 Å². The summed E-state index contributed by atoms with van der Waals surface area (Å²) in [7, 11) is -3.43. The number of rotatable bonds is 6. The SMILES string of the molecule is CCC(NC(=O)C1CCN(S(=O)(=O)c2cccs2)CC1)c1ccc2c(c1)CCCC2. The third kappa shape index (κ3) is 4.48. The Morgan fingerprint density at radius 1 is 1.17 bits per heavy atom. The van der Waals surface area contributed by atoms with Crippen LogP contribution in [0.5, 0.6) is 0 Å². The van der Waals surface area contributed by atoms with Crippen LogP contribution in [0.3, 0.4) is 0 Å². The quantitative estimate of drug-likeness (QED) is 0.720. The van der Waals surface area contributed by atoms with Crippen molar-refractivity contribution in [3.63, 3.8) is 0 Å². The maximum Gasteiger partial charge on any atom is 0.252 e. The molecule has 2 aromatic rings. The Hall–Kier alpha value is -1.70. The summed E-state index contributed by atoms with van der Waals surface area (Å²) in [5.41, 5.74) is 4.06. The van der Waals surface area contributed by atoms with Gasteiger partial charge in [0.1, 0.15) is 4.21 Å². The molecule has 4 rings (SSSR count). The van der Waals surface area contributed by atoms with Gasteiger partial charge in [-0.1, -0.05) is 31.2 Å². The van der Waals surface area contributed by atoms with Gasteiger partial charge in [0.15, 0.2) is 0 Å². The summed E-state index contributed by atoms with van der Waals surface area (Å²) in [4.78, 5) is 12.9. The summed E-state index contributed by atoms with van der Waals surface area (Å²) >= 11 is 1.24. The smallest absolute Gasteiger partial charge is 0.252 e. The van der Waals surface area contributed by atoms with Crippen molar-refractivity contribution < 1.29 is 13.2 Å². The Morgan fingerprint density at radius 2 is 1.90 bits per heavy atom. The van der Waals surface area contributed by atoms with Crippen molar-refractivity contribution in [2.24, 2.45) is 5.92 Å². The topological polar surface area (TPSA) is 66.5 Å². The highest BCUT2D eigenvalue weighted by molar-refractivity contribution is 7.91. The van der Waals surface area contributed by atoms with Crippen molar-refractivity contribution >= 4 is 27.3 Å². The third-order valence-corrected chi connectivity index (χ3v) is 9.69. The van der Waals surface area contributed by atoms with E-state index in [1.165, 1.54) is 45.2 Å². The van der Waals surface area contributed by atoms with E-state index >= 15 is 0 Å². The molecule has 1 saturated heterocycles. The molecule has 1 aliphatic carbocycles. The molecule has 0 saturated carbocycles. The van der Waals surface area contributed by atoms with Crippen LogP contribution in [-0.4, -0.2) is 31.7 Å². The molecule has 0 radical (unpaired) electrons. The van der Waals surface area contributed by atoms with E-state index in [9.17, 15) is 13.2 Å². The lowest BCUT2D eigenvalue weighted by Gasteiger charge is -2.31. The number of fused-ring (bicyclic) bond motifs is 1. The first-order chi connectivity index (χ1) is 14.5. The van der Waals surface area contributed by atoms with E-state index in [1.54, 1.807) is 17.5 Å². The molecule has 2 aliphatic rings. The maximum atomic E-state index is 12.9.